The molecule has 0 saturated heterocycles. The van der Waals surface area contributed by atoms with Crippen molar-refractivity contribution in [3.63, 3.8) is 0 Å². The number of aryl methyl sites for hydroxylation is 2. The van der Waals surface area contributed by atoms with Crippen LogP contribution in [0.15, 0.2) is 109 Å². The van der Waals surface area contributed by atoms with Gasteiger partial charge in [0.1, 0.15) is 0 Å². The number of hydrogen-bond acceptors (Lipinski definition) is 0. The van der Waals surface area contributed by atoms with Gasteiger partial charge in [-0.1, -0.05) is 410 Å². The first kappa shape index (κ1) is 94.1. The molecule has 0 amide bonds. The Labute approximate surface area is 638 Å². The molecule has 0 saturated carbocycles. The van der Waals surface area contributed by atoms with Crippen LogP contribution in [0.2, 0.25) is 10.8 Å². The summed E-state index contributed by atoms with van der Waals surface area (Å²) in [5.74, 6) is 1.21. The first-order chi connectivity index (χ1) is 49.8. The first-order valence-electron chi connectivity index (χ1n) is 45.0. The van der Waals surface area contributed by atoms with E-state index in [-0.39, 0.29) is 0 Å². The first-order valence-corrected chi connectivity index (χ1v) is 46.4. The summed E-state index contributed by atoms with van der Waals surface area (Å²) >= 11 is 1.66. The van der Waals surface area contributed by atoms with Crippen LogP contribution in [-0.2, 0) is 27.3 Å². The molecule has 2 unspecified atom stereocenters. The van der Waals surface area contributed by atoms with E-state index in [4.69, 9.17) is 0 Å². The molecule has 0 aliphatic carbocycles. The molecule has 0 bridgehead atoms. The van der Waals surface area contributed by atoms with Gasteiger partial charge < -0.3 is 5.53 Å². The summed E-state index contributed by atoms with van der Waals surface area (Å²) in [4.78, 5) is 0. The standard InChI is InChI=1S/C92H160N2.2C3H5.Ni/c1-8-15-22-24-26-28-30-32-34-36-38-40-42-44-46-48-50-52-58-68-82(64-54-17-10-3)79-84(66-56-19-12-5)75-77-86-71-60-62-73-89(86)91-81-88(70-21-14-7)92(94(91)93)90-74-63-61-72-87(90)78-76-85(67-57-20-13-6)80-83(65-55-18-11-4)69-59-53-51-49-47-45-43-41-39-37-35-33-31-29-27-25-23-16-9-2;2*1-3-2;/h60-63,71-74,79-81,84-85H,8-59,64-70,75-78H2,1-7H3;2*3H,1-2H2;. The molecule has 2 nitrogen and oxygen atoms in total. The van der Waals surface area contributed by atoms with Gasteiger partial charge in [0.2, 0.25) is 11.4 Å². The largest absolute Gasteiger partial charge is 0.493 e. The number of hydrogen-bond donors (Lipinski definition) is 0. The van der Waals surface area contributed by atoms with E-state index in [9.17, 15) is 5.53 Å². The Morgan fingerprint density at radius 2 is 0.614 bits per heavy atom. The Balaban J connectivity index is 0.00000468. The molecule has 2 atom stereocenters. The van der Waals surface area contributed by atoms with Crippen LogP contribution in [0.5, 0.6) is 0 Å². The molecular weight excluding hydrogens is 1260 g/mol. The molecule has 1 aliphatic rings. The summed E-state index contributed by atoms with van der Waals surface area (Å²) in [6, 6.07) is 18.3. The number of nitrogens with zero attached hydrogens (tertiary/aromatic N) is 2. The fourth-order valence-corrected chi connectivity index (χ4v) is 16.2. The third-order valence-electron chi connectivity index (χ3n) is 22.1. The molecule has 1 aliphatic heterocycles. The monoisotopic (exact) mass is 1430 g/mol. The van der Waals surface area contributed by atoms with E-state index in [1.807, 2.05) is 12.2 Å². The second-order valence-corrected chi connectivity index (χ2v) is 32.8. The number of rotatable bonds is 73. The Hall–Kier alpha value is -3.03. The maximum Gasteiger partial charge on any atom is 0.211 e. The molecule has 3 rings (SSSR count). The SMILES string of the molecule is C=C[CH2][Ni][CH2]C=C.CCCCCCCCCCCCCCCCCCCCCC(=CC(CCCCC)CCc1ccccc1C1=CC(CCCC)=C(c2ccccc2CCC(C=C(CCCCC)CCCCCCCCCCCCCCCCCCCCC)CCCCC)[N+]1=[N-])CCCCC. The summed E-state index contributed by atoms with van der Waals surface area (Å²) in [6.07, 6.45) is 97.6. The van der Waals surface area contributed by atoms with Crippen molar-refractivity contribution in [2.24, 2.45) is 11.8 Å². The normalized spacial score (nSPS) is 13.3. The van der Waals surface area contributed by atoms with Gasteiger partial charge in [-0.25, -0.2) is 4.70 Å². The summed E-state index contributed by atoms with van der Waals surface area (Å²) < 4.78 is 1.64. The van der Waals surface area contributed by atoms with Crippen LogP contribution < -0.4 is 0 Å². The number of unbranched alkanes of at least 4 members (excludes halogenated alkanes) is 45. The van der Waals surface area contributed by atoms with Crippen molar-refractivity contribution in [2.45, 2.75) is 464 Å². The van der Waals surface area contributed by atoms with Crippen molar-refractivity contribution in [1.29, 1.82) is 0 Å². The molecule has 0 N–H and O–H groups in total. The van der Waals surface area contributed by atoms with E-state index in [0.29, 0.717) is 11.8 Å². The second kappa shape index (κ2) is 71.2. The van der Waals surface area contributed by atoms with Crippen molar-refractivity contribution in [2.75, 3.05) is 0 Å². The Morgan fingerprint density at radius 3 is 0.950 bits per heavy atom. The Morgan fingerprint density at radius 1 is 0.337 bits per heavy atom. The van der Waals surface area contributed by atoms with Gasteiger partial charge in [-0.2, -0.15) is 0 Å². The van der Waals surface area contributed by atoms with Crippen LogP contribution in [0.1, 0.15) is 462 Å². The van der Waals surface area contributed by atoms with E-state index >= 15 is 0 Å². The molecule has 0 aromatic heterocycles. The van der Waals surface area contributed by atoms with Crippen LogP contribution in [-0.4, -0.2) is 4.70 Å². The average molecular weight is 1440 g/mol. The van der Waals surface area contributed by atoms with Crippen molar-refractivity contribution >= 4 is 11.4 Å². The Bertz CT molecular complexity index is 2330. The fraction of sp³-hybridized carbons (Fsp3) is 0.755. The van der Waals surface area contributed by atoms with Crippen molar-refractivity contribution in [3.05, 3.63) is 137 Å². The molecule has 3 heteroatoms. The van der Waals surface area contributed by atoms with Crippen LogP contribution in [0.3, 0.4) is 0 Å². The predicted molar refractivity (Wildman–Crippen MR) is 453 cm³/mol. The maximum atomic E-state index is 12.8. The van der Waals surface area contributed by atoms with E-state index in [1.165, 1.54) is 400 Å². The summed E-state index contributed by atoms with van der Waals surface area (Å²) in [5.41, 5.74) is 24.8. The molecule has 2 aromatic rings. The topological polar surface area (TPSA) is 25.3 Å². The van der Waals surface area contributed by atoms with Gasteiger partial charge in [0.05, 0.1) is 0 Å². The van der Waals surface area contributed by atoms with Crippen LogP contribution in [0, 0.1) is 11.8 Å². The van der Waals surface area contributed by atoms with Gasteiger partial charge >= 0.3 is 50.5 Å². The van der Waals surface area contributed by atoms with Gasteiger partial charge in [0.15, 0.2) is 0 Å². The molecule has 0 radical (unpaired) electrons. The smallest absolute Gasteiger partial charge is 0.211 e. The predicted octanol–water partition coefficient (Wildman–Crippen LogP) is 34.9. The van der Waals surface area contributed by atoms with Gasteiger partial charge in [-0.15, -0.1) is 0 Å². The van der Waals surface area contributed by atoms with Crippen molar-refractivity contribution in [3.8, 4) is 0 Å². The quantitative estimate of drug-likeness (QED) is 0.0273. The van der Waals surface area contributed by atoms with Gasteiger partial charge in [-0.05, 0) is 138 Å². The van der Waals surface area contributed by atoms with Crippen molar-refractivity contribution in [1.82, 2.24) is 0 Å². The Kier molecular flexibility index (Phi) is 66.3. The third-order valence-corrected chi connectivity index (χ3v) is 23.2. The molecule has 0 spiro atoms. The minimum atomic E-state index is 0.603. The van der Waals surface area contributed by atoms with Gasteiger partial charge in [-0.3, -0.25) is 0 Å². The van der Waals surface area contributed by atoms with Crippen LogP contribution >= 0.6 is 0 Å². The van der Waals surface area contributed by atoms with Crippen LogP contribution in [0.4, 0.5) is 0 Å². The minimum Gasteiger partial charge on any atom is -0.493 e. The van der Waals surface area contributed by atoms with Gasteiger partial charge in [0, 0.05) is 22.8 Å². The molecule has 2 aromatic carbocycles. The fourth-order valence-electron chi connectivity index (χ4n) is 15.7. The van der Waals surface area contributed by atoms with Gasteiger partial charge in [0.25, 0.3) is 0 Å². The molecule has 1 heterocycles. The third kappa shape index (κ3) is 51.0. The maximum absolute atomic E-state index is 12.8. The molecule has 0 fully saturated rings. The van der Waals surface area contributed by atoms with E-state index in [1.54, 1.807) is 30.3 Å². The van der Waals surface area contributed by atoms with E-state index < -0.39 is 0 Å². The molecule has 582 valence electrons. The summed E-state index contributed by atoms with van der Waals surface area (Å²) in [5, 5.41) is 2.11. The summed E-state index contributed by atoms with van der Waals surface area (Å²) in [6.45, 7) is 23.6. The molecular formula is C98H170N2Ni. The van der Waals surface area contributed by atoms with Crippen LogP contribution in [0.25, 0.3) is 16.9 Å². The zero-order valence-electron chi connectivity index (χ0n) is 68.7. The zero-order chi connectivity index (χ0) is 72.8. The zero-order valence-corrected chi connectivity index (χ0v) is 69.7. The number of benzene rings is 2. The minimum absolute atomic E-state index is 0.603. The van der Waals surface area contributed by atoms with E-state index in [2.05, 4.69) is 128 Å². The van der Waals surface area contributed by atoms with Crippen molar-refractivity contribution < 1.29 is 19.1 Å². The average Bonchev–Trinajstić information content (AvgIpc) is 1.63. The van der Waals surface area contributed by atoms with E-state index in [0.717, 1.165) is 54.3 Å². The number of allylic oxidation sites excluding steroid dienone is 8. The second-order valence-electron chi connectivity index (χ2n) is 31.5. The summed E-state index contributed by atoms with van der Waals surface area (Å²) in [7, 11) is 0. The molecule has 101 heavy (non-hydrogen) atoms.